The van der Waals surface area contributed by atoms with Crippen LogP contribution in [0.2, 0.25) is 5.02 Å². The van der Waals surface area contributed by atoms with Crippen LogP contribution in [0.25, 0.3) is 0 Å². The summed E-state index contributed by atoms with van der Waals surface area (Å²) in [6, 6.07) is 6.08. The van der Waals surface area contributed by atoms with Crippen molar-refractivity contribution in [2.75, 3.05) is 13.2 Å². The smallest absolute Gasteiger partial charge is 0.399 e. The summed E-state index contributed by atoms with van der Waals surface area (Å²) >= 11 is 6.24. The van der Waals surface area contributed by atoms with Crippen molar-refractivity contribution in [3.8, 4) is 0 Å². The van der Waals surface area contributed by atoms with Crippen molar-refractivity contribution < 1.29 is 14.0 Å². The quantitative estimate of drug-likeness (QED) is 0.780. The molecule has 0 spiro atoms. The molecule has 2 saturated heterocycles. The van der Waals surface area contributed by atoms with Crippen LogP contribution in [0.5, 0.6) is 0 Å². The standard InChI is InChI=1S/C17H24BClO3/c1-16(2)17(3,4)22-18(21-16)15-11-13(19)5-6-14(15)12-7-9-20-10-8-12/h5-6,11-12H,7-10H2,1-4H3. The van der Waals surface area contributed by atoms with Crippen molar-refractivity contribution in [2.45, 2.75) is 57.7 Å². The molecule has 1 aromatic rings. The van der Waals surface area contributed by atoms with Crippen molar-refractivity contribution in [2.24, 2.45) is 0 Å². The van der Waals surface area contributed by atoms with Gasteiger partial charge in [-0.2, -0.15) is 0 Å². The van der Waals surface area contributed by atoms with E-state index >= 15 is 0 Å². The van der Waals surface area contributed by atoms with Crippen molar-refractivity contribution in [1.82, 2.24) is 0 Å². The Hall–Kier alpha value is -0.545. The highest BCUT2D eigenvalue weighted by molar-refractivity contribution is 6.63. The summed E-state index contributed by atoms with van der Waals surface area (Å²) in [5.74, 6) is 0.486. The predicted molar refractivity (Wildman–Crippen MR) is 90.0 cm³/mol. The third-order valence-corrected chi connectivity index (χ3v) is 5.45. The number of halogens is 1. The van der Waals surface area contributed by atoms with Gasteiger partial charge in [0.15, 0.2) is 0 Å². The van der Waals surface area contributed by atoms with Crippen LogP contribution < -0.4 is 5.46 Å². The van der Waals surface area contributed by atoms with Crippen LogP contribution in [0, 0.1) is 0 Å². The monoisotopic (exact) mass is 322 g/mol. The fourth-order valence-corrected chi connectivity index (χ4v) is 3.28. The minimum Gasteiger partial charge on any atom is -0.399 e. The first-order valence-corrected chi connectivity index (χ1v) is 8.41. The van der Waals surface area contributed by atoms with E-state index < -0.39 is 0 Å². The number of hydrogen-bond donors (Lipinski definition) is 0. The van der Waals surface area contributed by atoms with Crippen molar-refractivity contribution >= 4 is 24.2 Å². The van der Waals surface area contributed by atoms with E-state index in [9.17, 15) is 0 Å². The van der Waals surface area contributed by atoms with Crippen LogP contribution in [0.15, 0.2) is 18.2 Å². The minimum atomic E-state index is -0.360. The molecule has 0 atom stereocenters. The second kappa shape index (κ2) is 5.83. The van der Waals surface area contributed by atoms with Gasteiger partial charge in [0.05, 0.1) is 11.2 Å². The molecule has 2 fully saturated rings. The Morgan fingerprint density at radius 1 is 1.05 bits per heavy atom. The van der Waals surface area contributed by atoms with Crippen molar-refractivity contribution in [1.29, 1.82) is 0 Å². The fourth-order valence-electron chi connectivity index (χ4n) is 3.10. The molecule has 22 heavy (non-hydrogen) atoms. The van der Waals surface area contributed by atoms with Gasteiger partial charge in [0.1, 0.15) is 0 Å². The summed E-state index contributed by atoms with van der Waals surface area (Å²) in [4.78, 5) is 0. The summed E-state index contributed by atoms with van der Waals surface area (Å²) in [7, 11) is -0.360. The highest BCUT2D eigenvalue weighted by atomic mass is 35.5. The average Bonchev–Trinajstić information content (AvgIpc) is 2.68. The van der Waals surface area contributed by atoms with E-state index in [1.807, 2.05) is 12.1 Å². The first-order valence-electron chi connectivity index (χ1n) is 8.03. The summed E-state index contributed by atoms with van der Waals surface area (Å²) in [5.41, 5.74) is 1.67. The zero-order valence-corrected chi connectivity index (χ0v) is 14.6. The largest absolute Gasteiger partial charge is 0.495 e. The molecule has 5 heteroatoms. The van der Waals surface area contributed by atoms with Crippen LogP contribution in [-0.2, 0) is 14.0 Å². The molecule has 2 heterocycles. The molecule has 0 aromatic heterocycles. The van der Waals surface area contributed by atoms with E-state index in [2.05, 4.69) is 33.8 Å². The number of benzene rings is 1. The molecule has 0 radical (unpaired) electrons. The van der Waals surface area contributed by atoms with Gasteiger partial charge in [-0.05, 0) is 69.6 Å². The van der Waals surface area contributed by atoms with Crippen molar-refractivity contribution in [3.05, 3.63) is 28.8 Å². The van der Waals surface area contributed by atoms with Gasteiger partial charge in [-0.3, -0.25) is 0 Å². The Morgan fingerprint density at radius 3 is 2.23 bits per heavy atom. The van der Waals surface area contributed by atoms with Gasteiger partial charge in [0, 0.05) is 18.2 Å². The molecule has 1 aromatic carbocycles. The first-order chi connectivity index (χ1) is 10.3. The van der Waals surface area contributed by atoms with Gasteiger partial charge in [0.2, 0.25) is 0 Å². The molecule has 3 nitrogen and oxygen atoms in total. The lowest BCUT2D eigenvalue weighted by atomic mass is 9.72. The van der Waals surface area contributed by atoms with Crippen LogP contribution in [0.3, 0.4) is 0 Å². The van der Waals surface area contributed by atoms with E-state index in [-0.39, 0.29) is 18.3 Å². The second-order valence-electron chi connectivity index (χ2n) is 7.25. The lowest BCUT2D eigenvalue weighted by molar-refractivity contribution is 0.00578. The second-order valence-corrected chi connectivity index (χ2v) is 7.68. The molecule has 120 valence electrons. The molecular formula is C17H24BClO3. The van der Waals surface area contributed by atoms with Crippen LogP contribution in [0.1, 0.15) is 52.0 Å². The van der Waals surface area contributed by atoms with Gasteiger partial charge >= 0.3 is 7.12 Å². The van der Waals surface area contributed by atoms with E-state index in [1.54, 1.807) is 0 Å². The van der Waals surface area contributed by atoms with Crippen LogP contribution in [0.4, 0.5) is 0 Å². The SMILES string of the molecule is CC1(C)OB(c2cc(Cl)ccc2C2CCOCC2)OC1(C)C. The molecular weight excluding hydrogens is 298 g/mol. The molecule has 0 bridgehead atoms. The Labute approximate surface area is 138 Å². The summed E-state index contributed by atoms with van der Waals surface area (Å²) < 4.78 is 17.9. The number of rotatable bonds is 2. The molecule has 2 aliphatic rings. The zero-order valence-electron chi connectivity index (χ0n) is 13.8. The first kappa shape index (κ1) is 16.3. The van der Waals surface area contributed by atoms with Gasteiger partial charge < -0.3 is 14.0 Å². The van der Waals surface area contributed by atoms with E-state index in [1.165, 1.54) is 5.56 Å². The molecule has 3 rings (SSSR count). The topological polar surface area (TPSA) is 27.7 Å². The Bertz CT molecular complexity index is 537. The maximum absolute atomic E-state index is 6.24. The Kier molecular flexibility index (Phi) is 4.32. The van der Waals surface area contributed by atoms with E-state index in [4.69, 9.17) is 25.6 Å². The maximum atomic E-state index is 6.24. The predicted octanol–water partition coefficient (Wildman–Crippen LogP) is 3.53. The molecule has 0 amide bonds. The van der Waals surface area contributed by atoms with Crippen molar-refractivity contribution in [3.63, 3.8) is 0 Å². The molecule has 0 unspecified atom stereocenters. The molecule has 0 N–H and O–H groups in total. The molecule has 0 saturated carbocycles. The normalized spacial score (nSPS) is 24.7. The lowest BCUT2D eigenvalue weighted by Gasteiger charge is -2.32. The lowest BCUT2D eigenvalue weighted by Crippen LogP contribution is -2.41. The minimum absolute atomic E-state index is 0.340. The van der Waals surface area contributed by atoms with Gasteiger partial charge in [-0.15, -0.1) is 0 Å². The highest BCUT2D eigenvalue weighted by Crippen LogP contribution is 2.38. The Balaban J connectivity index is 1.94. The average molecular weight is 323 g/mol. The zero-order chi connectivity index (χ0) is 16.0. The van der Waals surface area contributed by atoms with Gasteiger partial charge in [0.25, 0.3) is 0 Å². The highest BCUT2D eigenvalue weighted by Gasteiger charge is 2.52. The number of hydrogen-bond acceptors (Lipinski definition) is 3. The summed E-state index contributed by atoms with van der Waals surface area (Å²) in [6.45, 7) is 9.93. The third kappa shape index (κ3) is 2.94. The maximum Gasteiger partial charge on any atom is 0.495 e. The Morgan fingerprint density at radius 2 is 1.64 bits per heavy atom. The van der Waals surface area contributed by atoms with Gasteiger partial charge in [-0.1, -0.05) is 17.7 Å². The molecule has 0 aliphatic carbocycles. The van der Waals surface area contributed by atoms with E-state index in [0.717, 1.165) is 36.5 Å². The summed E-state index contributed by atoms with van der Waals surface area (Å²) in [6.07, 6.45) is 2.07. The van der Waals surface area contributed by atoms with Gasteiger partial charge in [-0.25, -0.2) is 0 Å². The third-order valence-electron chi connectivity index (χ3n) is 5.22. The number of ether oxygens (including phenoxy) is 1. The van der Waals surface area contributed by atoms with Crippen LogP contribution >= 0.6 is 11.6 Å². The van der Waals surface area contributed by atoms with E-state index in [0.29, 0.717) is 5.92 Å². The van der Waals surface area contributed by atoms with Crippen LogP contribution in [-0.4, -0.2) is 31.5 Å². The molecule has 2 aliphatic heterocycles. The fraction of sp³-hybridized carbons (Fsp3) is 0.647. The summed E-state index contributed by atoms with van der Waals surface area (Å²) in [5, 5.41) is 0.723.